The summed E-state index contributed by atoms with van der Waals surface area (Å²) in [6, 6.07) is 16.3. The van der Waals surface area contributed by atoms with Gasteiger partial charge in [0.25, 0.3) is 0 Å². The van der Waals surface area contributed by atoms with Crippen molar-refractivity contribution in [2.24, 2.45) is 11.8 Å². The van der Waals surface area contributed by atoms with Crippen molar-refractivity contribution in [1.29, 1.82) is 0 Å². The van der Waals surface area contributed by atoms with Gasteiger partial charge in [0.1, 0.15) is 11.5 Å². The summed E-state index contributed by atoms with van der Waals surface area (Å²) in [5.74, 6) is 3.33. The predicted octanol–water partition coefficient (Wildman–Crippen LogP) is 4.04. The van der Waals surface area contributed by atoms with Gasteiger partial charge in [0.05, 0.1) is 19.8 Å². The molecule has 28 heavy (non-hydrogen) atoms. The summed E-state index contributed by atoms with van der Waals surface area (Å²) in [6.07, 6.45) is 1.68. The average molecular weight is 382 g/mol. The van der Waals surface area contributed by atoms with Crippen LogP contribution in [0.15, 0.2) is 48.5 Å². The third-order valence-electron chi connectivity index (χ3n) is 6.65. The van der Waals surface area contributed by atoms with Gasteiger partial charge in [-0.3, -0.25) is 0 Å². The van der Waals surface area contributed by atoms with Gasteiger partial charge >= 0.3 is 0 Å². The van der Waals surface area contributed by atoms with E-state index in [0.29, 0.717) is 17.8 Å². The van der Waals surface area contributed by atoms with Crippen LogP contribution < -0.4 is 9.47 Å². The quantitative estimate of drug-likeness (QED) is 0.820. The predicted molar refractivity (Wildman–Crippen MR) is 111 cm³/mol. The first kappa shape index (κ1) is 19.3. The van der Waals surface area contributed by atoms with Crippen molar-refractivity contribution in [2.75, 3.05) is 33.9 Å². The van der Waals surface area contributed by atoms with Crippen LogP contribution >= 0.6 is 0 Å². The van der Waals surface area contributed by atoms with Crippen molar-refractivity contribution in [1.82, 2.24) is 4.90 Å². The van der Waals surface area contributed by atoms with Gasteiger partial charge in [-0.2, -0.15) is 0 Å². The summed E-state index contributed by atoms with van der Waals surface area (Å²) >= 11 is 0. The molecule has 2 aliphatic rings. The molecule has 150 valence electrons. The van der Waals surface area contributed by atoms with Crippen LogP contribution in [0, 0.1) is 11.8 Å². The zero-order valence-electron chi connectivity index (χ0n) is 17.1. The van der Waals surface area contributed by atoms with Gasteiger partial charge in [0, 0.05) is 19.6 Å². The highest BCUT2D eigenvalue weighted by molar-refractivity contribution is 5.34. The van der Waals surface area contributed by atoms with Crippen LogP contribution in [0.3, 0.4) is 0 Å². The molecule has 4 rings (SSSR count). The molecule has 0 amide bonds. The Bertz CT molecular complexity index is 807. The lowest BCUT2D eigenvalue weighted by Crippen LogP contribution is -2.30. The van der Waals surface area contributed by atoms with E-state index in [1.54, 1.807) is 14.2 Å². The fourth-order valence-electron chi connectivity index (χ4n) is 5.19. The van der Waals surface area contributed by atoms with Crippen LogP contribution in [0.2, 0.25) is 0 Å². The second kappa shape index (κ2) is 7.76. The molecule has 2 unspecified atom stereocenters. The number of nitrogens with zero attached hydrogens (tertiary/aromatic N) is 1. The van der Waals surface area contributed by atoms with Crippen LogP contribution in [0.1, 0.15) is 36.8 Å². The summed E-state index contributed by atoms with van der Waals surface area (Å²) in [4.78, 5) is 2.57. The van der Waals surface area contributed by atoms with E-state index in [2.05, 4.69) is 30.0 Å². The SMILES string of the molecule is COc1cccc(C(C)CN2C[C@@H]3CC(O)(c4cccc(OC)c4)C[C@@H]3C2)c1. The summed E-state index contributed by atoms with van der Waals surface area (Å²) in [6.45, 7) is 5.49. The lowest BCUT2D eigenvalue weighted by Gasteiger charge is -2.28. The van der Waals surface area contributed by atoms with Crippen molar-refractivity contribution < 1.29 is 14.6 Å². The molecule has 1 N–H and O–H groups in total. The monoisotopic (exact) mass is 381 g/mol. The Morgan fingerprint density at radius 2 is 1.61 bits per heavy atom. The zero-order valence-corrected chi connectivity index (χ0v) is 17.1. The molecule has 0 spiro atoms. The Balaban J connectivity index is 1.38. The minimum absolute atomic E-state index is 0.464. The molecule has 4 nitrogen and oxygen atoms in total. The number of methoxy groups -OCH3 is 2. The van der Waals surface area contributed by atoms with Crippen molar-refractivity contribution >= 4 is 0 Å². The molecule has 1 aliphatic heterocycles. The number of fused-ring (bicyclic) bond motifs is 1. The number of ether oxygens (including phenoxy) is 2. The van der Waals surface area contributed by atoms with Gasteiger partial charge in [-0.25, -0.2) is 0 Å². The van der Waals surface area contributed by atoms with E-state index in [1.807, 2.05) is 30.3 Å². The highest BCUT2D eigenvalue weighted by Gasteiger charge is 2.49. The largest absolute Gasteiger partial charge is 0.497 e. The lowest BCUT2D eigenvalue weighted by molar-refractivity contribution is 0.0310. The molecule has 1 heterocycles. The van der Waals surface area contributed by atoms with Crippen LogP contribution in [-0.4, -0.2) is 43.9 Å². The molecule has 4 atom stereocenters. The Morgan fingerprint density at radius 3 is 2.25 bits per heavy atom. The van der Waals surface area contributed by atoms with Crippen molar-refractivity contribution in [3.8, 4) is 11.5 Å². The maximum atomic E-state index is 11.3. The van der Waals surface area contributed by atoms with Crippen LogP contribution in [0.5, 0.6) is 11.5 Å². The summed E-state index contributed by atoms with van der Waals surface area (Å²) in [7, 11) is 3.39. The van der Waals surface area contributed by atoms with Crippen molar-refractivity contribution in [3.05, 3.63) is 59.7 Å². The molecule has 0 bridgehead atoms. The number of hydrogen-bond acceptors (Lipinski definition) is 4. The Morgan fingerprint density at radius 1 is 1.00 bits per heavy atom. The second-order valence-corrected chi connectivity index (χ2v) is 8.59. The molecule has 0 radical (unpaired) electrons. The van der Waals surface area contributed by atoms with Gasteiger partial charge in [-0.15, -0.1) is 0 Å². The molecular weight excluding hydrogens is 350 g/mol. The van der Waals surface area contributed by atoms with Gasteiger partial charge in [0.15, 0.2) is 0 Å². The maximum Gasteiger partial charge on any atom is 0.119 e. The van der Waals surface area contributed by atoms with Crippen molar-refractivity contribution in [2.45, 2.75) is 31.3 Å². The minimum atomic E-state index is -0.714. The van der Waals surface area contributed by atoms with Crippen LogP contribution in [-0.2, 0) is 5.60 Å². The Hall–Kier alpha value is -2.04. The van der Waals surface area contributed by atoms with Gasteiger partial charge in [-0.05, 0) is 66.0 Å². The number of hydrogen-bond donors (Lipinski definition) is 1. The van der Waals surface area contributed by atoms with E-state index in [0.717, 1.165) is 49.5 Å². The highest BCUT2D eigenvalue weighted by Crippen LogP contribution is 2.49. The molecule has 2 aromatic carbocycles. The topological polar surface area (TPSA) is 41.9 Å². The fourth-order valence-corrected chi connectivity index (χ4v) is 5.19. The standard InChI is InChI=1S/C24H31NO3/c1-17(18-6-4-8-22(10-18)27-2)14-25-15-19-12-24(26,13-20(19)16-25)21-7-5-9-23(11-21)28-3/h4-11,17,19-20,26H,12-16H2,1-3H3/t17?,19-,20+,24?. The fraction of sp³-hybridized carbons (Fsp3) is 0.500. The molecule has 1 saturated heterocycles. The van der Waals surface area contributed by atoms with Gasteiger partial charge in [-0.1, -0.05) is 31.2 Å². The first-order valence-corrected chi connectivity index (χ1v) is 10.2. The van der Waals surface area contributed by atoms with E-state index in [9.17, 15) is 5.11 Å². The second-order valence-electron chi connectivity index (χ2n) is 8.59. The molecule has 2 fully saturated rings. The normalized spacial score (nSPS) is 28.1. The third kappa shape index (κ3) is 3.76. The molecular formula is C24H31NO3. The van der Waals surface area contributed by atoms with Crippen molar-refractivity contribution in [3.63, 3.8) is 0 Å². The van der Waals surface area contributed by atoms with E-state index >= 15 is 0 Å². The van der Waals surface area contributed by atoms with E-state index in [4.69, 9.17) is 9.47 Å². The van der Waals surface area contributed by atoms with E-state index in [-0.39, 0.29) is 0 Å². The Labute approximate surface area is 168 Å². The third-order valence-corrected chi connectivity index (χ3v) is 6.65. The Kier molecular flexibility index (Phi) is 5.35. The first-order valence-electron chi connectivity index (χ1n) is 10.2. The molecule has 4 heteroatoms. The zero-order chi connectivity index (χ0) is 19.7. The number of likely N-dealkylation sites (tertiary alicyclic amines) is 1. The number of rotatable bonds is 6. The van der Waals surface area contributed by atoms with Crippen LogP contribution in [0.4, 0.5) is 0 Å². The van der Waals surface area contributed by atoms with E-state index < -0.39 is 5.60 Å². The smallest absolute Gasteiger partial charge is 0.119 e. The molecule has 2 aromatic rings. The highest BCUT2D eigenvalue weighted by atomic mass is 16.5. The van der Waals surface area contributed by atoms with E-state index in [1.165, 1.54) is 5.56 Å². The molecule has 1 saturated carbocycles. The maximum absolute atomic E-state index is 11.3. The number of aliphatic hydroxyl groups is 1. The molecule has 0 aromatic heterocycles. The summed E-state index contributed by atoms with van der Waals surface area (Å²) in [5.41, 5.74) is 1.61. The van der Waals surface area contributed by atoms with Gasteiger partial charge < -0.3 is 19.5 Å². The molecule has 1 aliphatic carbocycles. The first-order chi connectivity index (χ1) is 13.5. The van der Waals surface area contributed by atoms with Gasteiger partial charge in [0.2, 0.25) is 0 Å². The van der Waals surface area contributed by atoms with Crippen LogP contribution in [0.25, 0.3) is 0 Å². The lowest BCUT2D eigenvalue weighted by atomic mass is 9.90. The number of benzene rings is 2. The minimum Gasteiger partial charge on any atom is -0.497 e. The summed E-state index contributed by atoms with van der Waals surface area (Å²) in [5, 5.41) is 11.3. The summed E-state index contributed by atoms with van der Waals surface area (Å²) < 4.78 is 10.7. The average Bonchev–Trinajstić information content (AvgIpc) is 3.22.